The fourth-order valence-corrected chi connectivity index (χ4v) is 3.24. The van der Waals surface area contributed by atoms with Crippen molar-refractivity contribution in [2.45, 2.75) is 45.3 Å². The Bertz CT molecular complexity index is 1060. The maximum atomic E-state index is 11.8. The van der Waals surface area contributed by atoms with Crippen LogP contribution in [0.1, 0.15) is 32.8 Å². The molecular formula is C18H20N6O7. The summed E-state index contributed by atoms with van der Waals surface area (Å²) in [6, 6.07) is 1.86. The van der Waals surface area contributed by atoms with Gasteiger partial charge in [-0.05, 0) is 0 Å². The first kappa shape index (κ1) is 21.9. The molecule has 1 aliphatic heterocycles. The minimum absolute atomic E-state index is 0.117. The number of aromatic nitrogens is 4. The first-order chi connectivity index (χ1) is 14.7. The summed E-state index contributed by atoms with van der Waals surface area (Å²) in [6.45, 7) is 3.37. The van der Waals surface area contributed by atoms with E-state index >= 15 is 0 Å². The lowest BCUT2D eigenvalue weighted by molar-refractivity contribution is -0.166. The first-order valence-electron chi connectivity index (χ1n) is 9.20. The summed E-state index contributed by atoms with van der Waals surface area (Å²) in [5.74, 6) is -1.64. The zero-order chi connectivity index (χ0) is 22.7. The summed E-state index contributed by atoms with van der Waals surface area (Å²) in [6.07, 6.45) is -2.76. The smallest absolute Gasteiger partial charge is 0.303 e. The van der Waals surface area contributed by atoms with Crippen LogP contribution in [-0.2, 0) is 33.3 Å². The van der Waals surface area contributed by atoms with Crippen molar-refractivity contribution in [1.29, 1.82) is 5.26 Å². The first-order valence-corrected chi connectivity index (χ1v) is 9.20. The van der Waals surface area contributed by atoms with Gasteiger partial charge in [-0.2, -0.15) is 15.2 Å². The van der Waals surface area contributed by atoms with Crippen molar-refractivity contribution in [2.75, 3.05) is 19.0 Å². The van der Waals surface area contributed by atoms with Crippen LogP contribution in [0, 0.1) is 11.3 Å². The number of carbonyl (C=O) groups is 3. The van der Waals surface area contributed by atoms with Gasteiger partial charge in [-0.1, -0.05) is 0 Å². The van der Waals surface area contributed by atoms with Gasteiger partial charge >= 0.3 is 17.9 Å². The zero-order valence-corrected chi connectivity index (χ0v) is 17.2. The van der Waals surface area contributed by atoms with Crippen molar-refractivity contribution < 1.29 is 33.3 Å². The Morgan fingerprint density at radius 2 is 1.84 bits per heavy atom. The molecule has 2 aromatic heterocycles. The molecule has 0 aromatic carbocycles. The Morgan fingerprint density at radius 3 is 2.42 bits per heavy atom. The molecule has 3 rings (SSSR count). The third-order valence-corrected chi connectivity index (χ3v) is 4.37. The second-order valence-corrected chi connectivity index (χ2v) is 6.60. The molecule has 164 valence electrons. The van der Waals surface area contributed by atoms with Gasteiger partial charge in [0.2, 0.25) is 5.82 Å². The zero-order valence-electron chi connectivity index (χ0n) is 17.2. The van der Waals surface area contributed by atoms with Gasteiger partial charge in [-0.25, -0.2) is 4.98 Å². The minimum Gasteiger partial charge on any atom is -0.463 e. The summed E-state index contributed by atoms with van der Waals surface area (Å²) >= 11 is 0. The molecule has 2 aromatic rings. The molecule has 0 amide bonds. The van der Waals surface area contributed by atoms with Gasteiger partial charge in [-0.15, -0.1) is 0 Å². The summed E-state index contributed by atoms with van der Waals surface area (Å²) < 4.78 is 23.2. The van der Waals surface area contributed by atoms with E-state index in [1.54, 1.807) is 7.05 Å². The SMILES string of the molecule is CNc1nc(C#N)nc2c1ncn2C1OC(COC(C)=O)C(OC(C)=O)C1OC(C)=O. The number of carbonyl (C=O) groups excluding carboxylic acids is 3. The molecule has 0 spiro atoms. The number of nitriles is 1. The molecule has 4 atom stereocenters. The maximum Gasteiger partial charge on any atom is 0.303 e. The number of nitrogens with zero attached hydrogens (tertiary/aromatic N) is 5. The van der Waals surface area contributed by atoms with Crippen molar-refractivity contribution in [2.24, 2.45) is 0 Å². The van der Waals surface area contributed by atoms with E-state index in [1.807, 2.05) is 6.07 Å². The average molecular weight is 432 g/mol. The summed E-state index contributed by atoms with van der Waals surface area (Å²) in [4.78, 5) is 47.2. The summed E-state index contributed by atoms with van der Waals surface area (Å²) in [7, 11) is 1.61. The molecule has 1 aliphatic rings. The van der Waals surface area contributed by atoms with Crippen LogP contribution in [0.2, 0.25) is 0 Å². The normalized spacial score (nSPS) is 22.5. The van der Waals surface area contributed by atoms with E-state index in [-0.39, 0.29) is 18.1 Å². The van der Waals surface area contributed by atoms with Crippen LogP contribution < -0.4 is 5.32 Å². The summed E-state index contributed by atoms with van der Waals surface area (Å²) in [5, 5.41) is 12.1. The summed E-state index contributed by atoms with van der Waals surface area (Å²) in [5.41, 5.74) is 0.576. The Morgan fingerprint density at radius 1 is 1.16 bits per heavy atom. The van der Waals surface area contributed by atoms with Crippen LogP contribution in [0.25, 0.3) is 11.2 Å². The second-order valence-electron chi connectivity index (χ2n) is 6.60. The third kappa shape index (κ3) is 4.53. The number of ether oxygens (including phenoxy) is 4. The van der Waals surface area contributed by atoms with E-state index in [1.165, 1.54) is 31.7 Å². The second kappa shape index (κ2) is 8.92. The van der Waals surface area contributed by atoms with E-state index in [0.717, 1.165) is 0 Å². The molecule has 1 fully saturated rings. The predicted molar refractivity (Wildman–Crippen MR) is 101 cm³/mol. The van der Waals surface area contributed by atoms with E-state index < -0.39 is 42.4 Å². The van der Waals surface area contributed by atoms with E-state index in [9.17, 15) is 19.6 Å². The molecular weight excluding hydrogens is 412 g/mol. The van der Waals surface area contributed by atoms with Gasteiger partial charge in [-0.3, -0.25) is 19.0 Å². The largest absolute Gasteiger partial charge is 0.463 e. The molecule has 1 N–H and O–H groups in total. The van der Waals surface area contributed by atoms with E-state index in [0.29, 0.717) is 11.3 Å². The van der Waals surface area contributed by atoms with E-state index in [4.69, 9.17) is 18.9 Å². The topological polar surface area (TPSA) is 168 Å². The van der Waals surface area contributed by atoms with Crippen molar-refractivity contribution >= 4 is 34.9 Å². The Kier molecular flexibility index (Phi) is 6.30. The molecule has 13 heteroatoms. The average Bonchev–Trinajstić information content (AvgIpc) is 3.26. The fourth-order valence-electron chi connectivity index (χ4n) is 3.24. The monoisotopic (exact) mass is 432 g/mol. The van der Waals surface area contributed by atoms with Gasteiger partial charge < -0.3 is 24.3 Å². The lowest BCUT2D eigenvalue weighted by Gasteiger charge is -2.23. The number of fused-ring (bicyclic) bond motifs is 1. The Labute approximate surface area is 176 Å². The van der Waals surface area contributed by atoms with Crippen molar-refractivity contribution in [3.05, 3.63) is 12.2 Å². The molecule has 31 heavy (non-hydrogen) atoms. The number of hydrogen-bond donors (Lipinski definition) is 1. The number of imidazole rings is 1. The molecule has 13 nitrogen and oxygen atoms in total. The van der Waals surface area contributed by atoms with Gasteiger partial charge in [0.15, 0.2) is 35.4 Å². The number of esters is 3. The van der Waals surface area contributed by atoms with Crippen LogP contribution in [0.4, 0.5) is 5.82 Å². The Hall–Kier alpha value is -3.79. The van der Waals surface area contributed by atoms with E-state index in [2.05, 4.69) is 20.3 Å². The highest BCUT2D eigenvalue weighted by Gasteiger charge is 2.51. The van der Waals surface area contributed by atoms with Crippen molar-refractivity contribution in [1.82, 2.24) is 19.5 Å². The van der Waals surface area contributed by atoms with Crippen molar-refractivity contribution in [3.8, 4) is 6.07 Å². The van der Waals surface area contributed by atoms with Crippen LogP contribution in [0.15, 0.2) is 6.33 Å². The van der Waals surface area contributed by atoms with Gasteiger partial charge in [0.1, 0.15) is 18.8 Å². The highest BCUT2D eigenvalue weighted by Crippen LogP contribution is 2.36. The van der Waals surface area contributed by atoms with Gasteiger partial charge in [0, 0.05) is 27.8 Å². The lowest BCUT2D eigenvalue weighted by atomic mass is 10.1. The molecule has 3 heterocycles. The molecule has 1 saturated heterocycles. The maximum absolute atomic E-state index is 11.8. The van der Waals surface area contributed by atoms with Crippen LogP contribution in [-0.4, -0.2) is 69.4 Å². The van der Waals surface area contributed by atoms with Crippen LogP contribution in [0.5, 0.6) is 0 Å². The highest BCUT2D eigenvalue weighted by molar-refractivity contribution is 5.83. The fraction of sp³-hybridized carbons (Fsp3) is 0.500. The molecule has 0 bridgehead atoms. The molecule has 0 radical (unpaired) electrons. The van der Waals surface area contributed by atoms with Gasteiger partial charge in [0.05, 0.1) is 6.33 Å². The quantitative estimate of drug-likeness (QED) is 0.482. The number of nitrogens with one attached hydrogen (secondary N) is 1. The molecule has 0 saturated carbocycles. The van der Waals surface area contributed by atoms with Crippen molar-refractivity contribution in [3.63, 3.8) is 0 Å². The number of hydrogen-bond acceptors (Lipinski definition) is 12. The van der Waals surface area contributed by atoms with Crippen LogP contribution in [0.3, 0.4) is 0 Å². The number of anilines is 1. The lowest BCUT2D eigenvalue weighted by Crippen LogP contribution is -2.40. The molecule has 0 aliphatic carbocycles. The predicted octanol–water partition coefficient (Wildman–Crippen LogP) is 0.0636. The third-order valence-electron chi connectivity index (χ3n) is 4.37. The molecule has 4 unspecified atom stereocenters. The van der Waals surface area contributed by atoms with Gasteiger partial charge in [0.25, 0.3) is 0 Å². The number of rotatable bonds is 6. The Balaban J connectivity index is 2.08. The standard InChI is InChI=1S/C18H20N6O7/c1-8(25)28-6-11-14(29-9(2)26)15(30-10(3)27)18(31-11)24-7-21-13-16(20-4)22-12(5-19)23-17(13)24/h7,11,14-15,18H,6H2,1-4H3,(H,20,22,23). The van der Waals surface area contributed by atoms with Crippen LogP contribution >= 0.6 is 0 Å². The highest BCUT2D eigenvalue weighted by atomic mass is 16.7. The minimum atomic E-state index is -1.10.